The van der Waals surface area contributed by atoms with E-state index in [9.17, 15) is 19.8 Å². The van der Waals surface area contributed by atoms with Gasteiger partial charge in [0.05, 0.1) is 25.4 Å². The van der Waals surface area contributed by atoms with Crippen LogP contribution in [0.5, 0.6) is 0 Å². The molecule has 0 aromatic carbocycles. The molecule has 1 amide bonds. The van der Waals surface area contributed by atoms with E-state index in [1.807, 2.05) is 0 Å². The second kappa shape index (κ2) is 64.1. The van der Waals surface area contributed by atoms with Crippen LogP contribution in [-0.4, -0.2) is 47.4 Å². The zero-order valence-electron chi connectivity index (χ0n) is 50.4. The summed E-state index contributed by atoms with van der Waals surface area (Å²) in [6, 6.07) is -0.538. The molecule has 0 bridgehead atoms. The molecule has 0 saturated heterocycles. The monoisotopic (exact) mass is 1040 g/mol. The molecule has 6 nitrogen and oxygen atoms in total. The number of carbonyl (C=O) groups is 2. The van der Waals surface area contributed by atoms with Crippen molar-refractivity contribution >= 4 is 11.9 Å². The van der Waals surface area contributed by atoms with Crippen molar-refractivity contribution in [2.75, 3.05) is 13.2 Å². The predicted octanol–water partition coefficient (Wildman–Crippen LogP) is 21.6. The molecule has 0 rings (SSSR count). The first-order valence-electron chi connectivity index (χ1n) is 33.9. The van der Waals surface area contributed by atoms with Gasteiger partial charge >= 0.3 is 5.97 Å². The number of aliphatic hydroxyl groups is 2. The van der Waals surface area contributed by atoms with E-state index in [0.29, 0.717) is 25.9 Å². The fourth-order valence-electron chi connectivity index (χ4n) is 10.9. The van der Waals surface area contributed by atoms with E-state index in [1.54, 1.807) is 0 Å². The molecule has 0 radical (unpaired) electrons. The minimum absolute atomic E-state index is 0.00904. The van der Waals surface area contributed by atoms with Gasteiger partial charge in [-0.1, -0.05) is 341 Å². The largest absolute Gasteiger partial charge is 0.466 e. The van der Waals surface area contributed by atoms with Crippen molar-refractivity contribution in [1.29, 1.82) is 0 Å². The molecule has 0 spiro atoms. The highest BCUT2D eigenvalue weighted by atomic mass is 16.5. The third-order valence-electron chi connectivity index (χ3n) is 16.1. The van der Waals surface area contributed by atoms with Gasteiger partial charge < -0.3 is 20.3 Å². The van der Waals surface area contributed by atoms with Gasteiger partial charge in [0.1, 0.15) is 0 Å². The van der Waals surface area contributed by atoms with Crippen LogP contribution in [0.25, 0.3) is 0 Å². The molecule has 0 aliphatic carbocycles. The summed E-state index contributed by atoms with van der Waals surface area (Å²) in [6.07, 6.45) is 78.3. The third-order valence-corrected chi connectivity index (χ3v) is 16.1. The molecule has 0 saturated carbocycles. The SMILES string of the molecule is CCCC/C=C\CCCCCCCC(=O)OCCCCCCCCCCCCCCCCCCCCCCCCCCCCCCCC(=O)NC(CO)C(O)CCCCCCCCCCCCCCCCCCC. The Labute approximate surface area is 463 Å². The second-order valence-electron chi connectivity index (χ2n) is 23.5. The Bertz CT molecular complexity index is 1110. The van der Waals surface area contributed by atoms with Crippen molar-refractivity contribution in [3.63, 3.8) is 0 Å². The molecule has 2 unspecified atom stereocenters. The number of hydrogen-bond acceptors (Lipinski definition) is 5. The molecule has 2 atom stereocenters. The topological polar surface area (TPSA) is 95.9 Å². The lowest BCUT2D eigenvalue weighted by atomic mass is 10.0. The molecular weight excluding hydrogens is 911 g/mol. The lowest BCUT2D eigenvalue weighted by Crippen LogP contribution is -2.45. The average Bonchev–Trinajstić information content (AvgIpc) is 3.40. The summed E-state index contributed by atoms with van der Waals surface area (Å²) in [4.78, 5) is 24.5. The number of allylic oxidation sites excluding steroid dienone is 2. The minimum Gasteiger partial charge on any atom is -0.466 e. The van der Waals surface area contributed by atoms with Crippen LogP contribution in [0.1, 0.15) is 386 Å². The Morgan fingerprint density at radius 1 is 0.365 bits per heavy atom. The van der Waals surface area contributed by atoms with Crippen molar-refractivity contribution < 1.29 is 24.5 Å². The molecular formula is C68H133NO5. The van der Waals surface area contributed by atoms with Gasteiger partial charge in [-0.05, 0) is 44.9 Å². The molecule has 74 heavy (non-hydrogen) atoms. The highest BCUT2D eigenvalue weighted by Crippen LogP contribution is 2.19. The molecule has 0 aliphatic rings. The summed E-state index contributed by atoms with van der Waals surface area (Å²) in [5.41, 5.74) is 0. The molecule has 3 N–H and O–H groups in total. The van der Waals surface area contributed by atoms with Crippen LogP contribution < -0.4 is 5.32 Å². The smallest absolute Gasteiger partial charge is 0.305 e. The summed E-state index contributed by atoms with van der Waals surface area (Å²) in [5, 5.41) is 23.4. The number of rotatable bonds is 64. The van der Waals surface area contributed by atoms with Crippen LogP contribution in [0.15, 0.2) is 12.2 Å². The first-order chi connectivity index (χ1) is 36.5. The molecule has 440 valence electrons. The number of unbranched alkanes of at least 4 members (excludes halogenated alkanes) is 51. The van der Waals surface area contributed by atoms with E-state index < -0.39 is 12.1 Å². The van der Waals surface area contributed by atoms with E-state index in [4.69, 9.17) is 4.74 Å². The fourth-order valence-corrected chi connectivity index (χ4v) is 10.9. The van der Waals surface area contributed by atoms with Crippen LogP contribution in [0, 0.1) is 0 Å². The van der Waals surface area contributed by atoms with Gasteiger partial charge in [0.15, 0.2) is 0 Å². The van der Waals surface area contributed by atoms with Crippen LogP contribution in [0.3, 0.4) is 0 Å². The van der Waals surface area contributed by atoms with E-state index in [-0.39, 0.29) is 18.5 Å². The molecule has 0 aromatic heterocycles. The average molecular weight is 1040 g/mol. The number of amides is 1. The van der Waals surface area contributed by atoms with Gasteiger partial charge in [0, 0.05) is 12.8 Å². The van der Waals surface area contributed by atoms with Crippen LogP contribution >= 0.6 is 0 Å². The summed E-state index contributed by atoms with van der Waals surface area (Å²) in [5.74, 6) is -0.0186. The number of carbonyl (C=O) groups excluding carboxylic acids is 2. The lowest BCUT2D eigenvalue weighted by molar-refractivity contribution is -0.143. The standard InChI is InChI=1S/C68H133NO5/c1-3-5-7-9-11-13-15-16-17-31-34-37-41-44-48-52-56-60-66(71)65(64-70)69-67(72)61-57-53-49-45-42-38-35-32-29-27-25-23-21-19-18-20-22-24-26-28-30-33-36-39-43-47-51-55-59-63-74-68(73)62-58-54-50-46-40-14-12-10-8-6-4-2/h10,12,65-66,70-71H,3-9,11,13-64H2,1-2H3,(H,69,72)/b12-10-. The quantitative estimate of drug-likeness (QED) is 0.0320. The Morgan fingerprint density at radius 3 is 1.00 bits per heavy atom. The van der Waals surface area contributed by atoms with E-state index >= 15 is 0 Å². The van der Waals surface area contributed by atoms with Crippen molar-refractivity contribution in [3.8, 4) is 0 Å². The molecule has 0 heterocycles. The number of hydrogen-bond donors (Lipinski definition) is 3. The van der Waals surface area contributed by atoms with Crippen LogP contribution in [0.2, 0.25) is 0 Å². The zero-order valence-corrected chi connectivity index (χ0v) is 50.4. The summed E-state index contributed by atoms with van der Waals surface area (Å²) >= 11 is 0. The Hall–Kier alpha value is -1.40. The van der Waals surface area contributed by atoms with E-state index in [2.05, 4.69) is 31.3 Å². The summed E-state index contributed by atoms with van der Waals surface area (Å²) in [6.45, 7) is 4.95. The number of nitrogens with one attached hydrogen (secondary N) is 1. The van der Waals surface area contributed by atoms with Crippen molar-refractivity contribution in [2.24, 2.45) is 0 Å². The maximum atomic E-state index is 12.5. The van der Waals surface area contributed by atoms with Gasteiger partial charge in [-0.15, -0.1) is 0 Å². The molecule has 0 aromatic rings. The van der Waals surface area contributed by atoms with Gasteiger partial charge in [0.25, 0.3) is 0 Å². The maximum absolute atomic E-state index is 12.5. The van der Waals surface area contributed by atoms with Gasteiger partial charge in [-0.2, -0.15) is 0 Å². The summed E-state index contributed by atoms with van der Waals surface area (Å²) in [7, 11) is 0. The maximum Gasteiger partial charge on any atom is 0.305 e. The third kappa shape index (κ3) is 59.8. The second-order valence-corrected chi connectivity index (χ2v) is 23.5. The van der Waals surface area contributed by atoms with Crippen molar-refractivity contribution in [1.82, 2.24) is 5.32 Å². The number of esters is 1. The lowest BCUT2D eigenvalue weighted by Gasteiger charge is -2.22. The highest BCUT2D eigenvalue weighted by molar-refractivity contribution is 5.76. The Morgan fingerprint density at radius 2 is 0.649 bits per heavy atom. The van der Waals surface area contributed by atoms with Gasteiger partial charge in [0.2, 0.25) is 5.91 Å². The summed E-state index contributed by atoms with van der Waals surface area (Å²) < 4.78 is 5.47. The van der Waals surface area contributed by atoms with Gasteiger partial charge in [-0.25, -0.2) is 0 Å². The normalized spacial score (nSPS) is 12.5. The van der Waals surface area contributed by atoms with E-state index in [0.717, 1.165) is 44.9 Å². The van der Waals surface area contributed by atoms with Crippen LogP contribution in [0.4, 0.5) is 0 Å². The highest BCUT2D eigenvalue weighted by Gasteiger charge is 2.20. The first-order valence-corrected chi connectivity index (χ1v) is 33.9. The van der Waals surface area contributed by atoms with Crippen molar-refractivity contribution in [2.45, 2.75) is 398 Å². The first kappa shape index (κ1) is 72.6. The zero-order chi connectivity index (χ0) is 53.6. The van der Waals surface area contributed by atoms with Gasteiger partial charge in [-0.3, -0.25) is 9.59 Å². The Balaban J connectivity index is 3.33. The minimum atomic E-state index is -0.661. The number of aliphatic hydroxyl groups excluding tert-OH is 2. The molecule has 0 fully saturated rings. The molecule has 0 aliphatic heterocycles. The Kier molecular flexibility index (Phi) is 62.9. The fraction of sp³-hybridized carbons (Fsp3) is 0.941. The number of ether oxygens (including phenoxy) is 1. The van der Waals surface area contributed by atoms with E-state index in [1.165, 1.54) is 308 Å². The molecule has 6 heteroatoms. The van der Waals surface area contributed by atoms with Crippen LogP contribution in [-0.2, 0) is 14.3 Å². The predicted molar refractivity (Wildman–Crippen MR) is 324 cm³/mol. The van der Waals surface area contributed by atoms with Crippen molar-refractivity contribution in [3.05, 3.63) is 12.2 Å².